The highest BCUT2D eigenvalue weighted by molar-refractivity contribution is 5.41. The molecule has 0 radical (unpaired) electrons. The van der Waals surface area contributed by atoms with Gasteiger partial charge in [0, 0.05) is 5.56 Å². The number of para-hydroxylation sites is 1. The fourth-order valence-corrected chi connectivity index (χ4v) is 2.91. The first-order valence-electron chi connectivity index (χ1n) is 9.00. The van der Waals surface area contributed by atoms with Gasteiger partial charge in [-0.15, -0.1) is 0 Å². The summed E-state index contributed by atoms with van der Waals surface area (Å²) < 4.78 is 6.16. The molecule has 1 heterocycles. The topological polar surface area (TPSA) is 12.5 Å². The zero-order valence-corrected chi connectivity index (χ0v) is 16.0. The number of ether oxygens (including phenoxy) is 1. The molecule has 0 spiro atoms. The summed E-state index contributed by atoms with van der Waals surface area (Å²) in [7, 11) is 2.19. The van der Waals surface area contributed by atoms with E-state index in [0.29, 0.717) is 0 Å². The van der Waals surface area contributed by atoms with Crippen molar-refractivity contribution in [3.05, 3.63) is 66.5 Å². The third-order valence-electron chi connectivity index (χ3n) is 4.54. The Bertz CT molecular complexity index is 563. The Morgan fingerprint density at radius 3 is 2.42 bits per heavy atom. The smallest absolute Gasteiger partial charge is 0.131 e. The second kappa shape index (κ2) is 10.1. The molecule has 1 aromatic carbocycles. The van der Waals surface area contributed by atoms with Crippen molar-refractivity contribution in [2.24, 2.45) is 0 Å². The lowest BCUT2D eigenvalue weighted by Crippen LogP contribution is -2.39. The summed E-state index contributed by atoms with van der Waals surface area (Å²) in [5.74, 6) is 1.82. The molecule has 0 aliphatic carbocycles. The van der Waals surface area contributed by atoms with Crippen LogP contribution in [0, 0.1) is 0 Å². The minimum absolute atomic E-state index is 0.185. The van der Waals surface area contributed by atoms with E-state index in [1.54, 1.807) is 6.08 Å². The van der Waals surface area contributed by atoms with Crippen molar-refractivity contribution in [2.75, 3.05) is 20.1 Å². The third-order valence-corrected chi connectivity index (χ3v) is 4.54. The second-order valence-corrected chi connectivity index (χ2v) is 6.25. The molecule has 24 heavy (non-hydrogen) atoms. The zero-order chi connectivity index (χ0) is 18.0. The van der Waals surface area contributed by atoms with Gasteiger partial charge in [0.05, 0.1) is 0 Å². The van der Waals surface area contributed by atoms with E-state index in [4.69, 9.17) is 4.74 Å². The first-order chi connectivity index (χ1) is 11.6. The largest absolute Gasteiger partial charge is 0.457 e. The number of nitrogens with zero attached hydrogens (tertiary/aromatic N) is 1. The van der Waals surface area contributed by atoms with Crippen LogP contribution in [-0.2, 0) is 5.41 Å². The van der Waals surface area contributed by atoms with Crippen LogP contribution in [0.1, 0.15) is 46.1 Å². The molecule has 1 aliphatic rings. The predicted molar refractivity (Wildman–Crippen MR) is 106 cm³/mol. The quantitative estimate of drug-likeness (QED) is 0.506. The minimum atomic E-state index is 0.185. The number of hydrogen-bond donors (Lipinski definition) is 0. The van der Waals surface area contributed by atoms with E-state index < -0.39 is 0 Å². The van der Waals surface area contributed by atoms with E-state index in [0.717, 1.165) is 37.4 Å². The number of piperidine rings is 1. The van der Waals surface area contributed by atoms with Crippen LogP contribution in [0.3, 0.4) is 0 Å². The van der Waals surface area contributed by atoms with Crippen molar-refractivity contribution in [1.29, 1.82) is 0 Å². The first kappa shape index (κ1) is 20.2. The summed E-state index contributed by atoms with van der Waals surface area (Å²) in [6.07, 6.45) is 9.91. The molecule has 1 aliphatic heterocycles. The molecule has 0 amide bonds. The summed E-state index contributed by atoms with van der Waals surface area (Å²) in [4.78, 5) is 2.40. The molecule has 0 saturated carbocycles. The number of rotatable bonds is 5. The van der Waals surface area contributed by atoms with Crippen LogP contribution in [0.4, 0.5) is 0 Å². The lowest BCUT2D eigenvalue weighted by atomic mass is 9.74. The van der Waals surface area contributed by atoms with Gasteiger partial charge in [-0.1, -0.05) is 57.7 Å². The summed E-state index contributed by atoms with van der Waals surface area (Å²) in [6, 6.07) is 8.44. The highest BCUT2D eigenvalue weighted by Gasteiger charge is 2.33. The van der Waals surface area contributed by atoms with Crippen molar-refractivity contribution in [2.45, 2.75) is 46.0 Å². The highest BCUT2D eigenvalue weighted by atomic mass is 16.5. The van der Waals surface area contributed by atoms with E-state index in [9.17, 15) is 0 Å². The molecule has 1 aromatic rings. The van der Waals surface area contributed by atoms with Gasteiger partial charge in [-0.05, 0) is 63.5 Å². The van der Waals surface area contributed by atoms with Crippen LogP contribution in [0.15, 0.2) is 60.9 Å². The highest BCUT2D eigenvalue weighted by Crippen LogP contribution is 2.40. The Labute approximate surface area is 148 Å². The maximum Gasteiger partial charge on any atom is 0.131 e. The van der Waals surface area contributed by atoms with Crippen molar-refractivity contribution in [3.8, 4) is 5.75 Å². The van der Waals surface area contributed by atoms with Crippen LogP contribution < -0.4 is 4.74 Å². The number of allylic oxidation sites excluding steroid dienone is 4. The van der Waals surface area contributed by atoms with Gasteiger partial charge in [-0.3, -0.25) is 0 Å². The van der Waals surface area contributed by atoms with Gasteiger partial charge in [-0.25, -0.2) is 0 Å². The van der Waals surface area contributed by atoms with Gasteiger partial charge in [-0.2, -0.15) is 0 Å². The van der Waals surface area contributed by atoms with Crippen molar-refractivity contribution < 1.29 is 4.74 Å². The second-order valence-electron chi connectivity index (χ2n) is 6.25. The number of hydrogen-bond acceptors (Lipinski definition) is 2. The molecule has 132 valence electrons. The summed E-state index contributed by atoms with van der Waals surface area (Å²) in [5.41, 5.74) is 1.50. The number of likely N-dealkylation sites (tertiary alicyclic amines) is 1. The van der Waals surface area contributed by atoms with Crippen LogP contribution in [0.5, 0.6) is 5.75 Å². The fourth-order valence-electron chi connectivity index (χ4n) is 2.91. The Morgan fingerprint density at radius 2 is 1.83 bits per heavy atom. The lowest BCUT2D eigenvalue weighted by Gasteiger charge is -2.39. The Hall–Kier alpha value is -1.80. The van der Waals surface area contributed by atoms with Crippen LogP contribution >= 0.6 is 0 Å². The third kappa shape index (κ3) is 5.38. The van der Waals surface area contributed by atoms with Gasteiger partial charge in [0.2, 0.25) is 0 Å². The Balaban J connectivity index is 0.00000139. The van der Waals surface area contributed by atoms with E-state index in [1.807, 2.05) is 45.1 Å². The van der Waals surface area contributed by atoms with Crippen LogP contribution in [0.25, 0.3) is 0 Å². The first-order valence-corrected chi connectivity index (χ1v) is 9.00. The molecule has 0 bridgehead atoms. The Kier molecular flexibility index (Phi) is 8.56. The normalized spacial score (nSPS) is 18.0. The molecule has 0 N–H and O–H groups in total. The average molecular weight is 328 g/mol. The van der Waals surface area contributed by atoms with Gasteiger partial charge >= 0.3 is 0 Å². The molecular weight excluding hydrogens is 294 g/mol. The predicted octanol–water partition coefficient (Wildman–Crippen LogP) is 5.72. The van der Waals surface area contributed by atoms with E-state index in [2.05, 4.69) is 43.6 Å². The molecule has 0 aromatic heterocycles. The fraction of sp³-hybridized carbons (Fsp3) is 0.455. The Morgan fingerprint density at radius 1 is 1.21 bits per heavy atom. The number of benzene rings is 1. The SMILES string of the molecule is C=C/C=C\C(=C/C)Oc1ccccc1C1(C)CCN(C)CC1.CC. The van der Waals surface area contributed by atoms with Crippen molar-refractivity contribution >= 4 is 0 Å². The van der Waals surface area contributed by atoms with Gasteiger partial charge in [0.25, 0.3) is 0 Å². The molecule has 2 nitrogen and oxygen atoms in total. The summed E-state index contributed by atoms with van der Waals surface area (Å²) >= 11 is 0. The maximum atomic E-state index is 6.16. The molecule has 2 rings (SSSR count). The molecule has 0 unspecified atom stereocenters. The van der Waals surface area contributed by atoms with Crippen LogP contribution in [0.2, 0.25) is 0 Å². The molecule has 1 fully saturated rings. The molecule has 2 heteroatoms. The average Bonchev–Trinajstić information content (AvgIpc) is 2.63. The van der Waals surface area contributed by atoms with E-state index in [-0.39, 0.29) is 5.41 Å². The standard InChI is InChI=1S/C20H27NO.C2H6/c1-5-7-10-17(6-2)22-19-12-9-8-11-18(19)20(3)13-15-21(4)16-14-20;1-2/h5-12H,1,13-16H2,2-4H3;1-2H3/b10-7-,17-6+;. The lowest BCUT2D eigenvalue weighted by molar-refractivity contribution is 0.197. The molecule has 0 atom stereocenters. The molecular formula is C22H33NO. The monoisotopic (exact) mass is 327 g/mol. The van der Waals surface area contributed by atoms with Gasteiger partial charge in [0.15, 0.2) is 0 Å². The van der Waals surface area contributed by atoms with Crippen molar-refractivity contribution in [1.82, 2.24) is 4.90 Å². The molecule has 1 saturated heterocycles. The van der Waals surface area contributed by atoms with Gasteiger partial charge in [0.1, 0.15) is 11.5 Å². The van der Waals surface area contributed by atoms with Gasteiger partial charge < -0.3 is 9.64 Å². The minimum Gasteiger partial charge on any atom is -0.457 e. The van der Waals surface area contributed by atoms with E-state index >= 15 is 0 Å². The van der Waals surface area contributed by atoms with Crippen molar-refractivity contribution in [3.63, 3.8) is 0 Å². The van der Waals surface area contributed by atoms with E-state index in [1.165, 1.54) is 5.56 Å². The summed E-state index contributed by atoms with van der Waals surface area (Å²) in [5, 5.41) is 0. The zero-order valence-electron chi connectivity index (χ0n) is 16.0. The summed E-state index contributed by atoms with van der Waals surface area (Å²) in [6.45, 7) is 14.3. The maximum absolute atomic E-state index is 6.16. The van der Waals surface area contributed by atoms with Crippen LogP contribution in [-0.4, -0.2) is 25.0 Å².